The average molecular weight is 239 g/mol. The number of carbonyl (C=O) groups excluding carboxylic acids is 1. The van der Waals surface area contributed by atoms with Gasteiger partial charge in [0.2, 0.25) is 0 Å². The molecule has 0 aliphatic heterocycles. The van der Waals surface area contributed by atoms with E-state index in [-0.39, 0.29) is 13.2 Å². The van der Waals surface area contributed by atoms with E-state index >= 15 is 0 Å². The minimum Gasteiger partial charge on any atom is -0.399 e. The first kappa shape index (κ1) is 13.3. The predicted octanol–water partition coefficient (Wildman–Crippen LogP) is -0.213. The van der Waals surface area contributed by atoms with Crippen molar-refractivity contribution in [3.05, 3.63) is 23.8 Å². The Labute approximate surface area is 99.6 Å². The molecule has 94 valence electrons. The maximum Gasteiger partial charge on any atom is 0.250 e. The highest BCUT2D eigenvalue weighted by molar-refractivity contribution is 5.99. The lowest BCUT2D eigenvalue weighted by molar-refractivity contribution is 0.0727. The summed E-state index contributed by atoms with van der Waals surface area (Å²) in [5.41, 5.74) is 12.2. The summed E-state index contributed by atoms with van der Waals surface area (Å²) in [6, 6.07) is 4.74. The fraction of sp³-hybridized carbons (Fsp3) is 0.364. The van der Waals surface area contributed by atoms with Crippen molar-refractivity contribution in [2.24, 2.45) is 5.73 Å². The number of hydrogen-bond donors (Lipinski definition) is 4. The molecular formula is C11H17N3O3. The topological polar surface area (TPSA) is 111 Å². The van der Waals surface area contributed by atoms with Gasteiger partial charge in [-0.05, 0) is 18.2 Å². The van der Waals surface area contributed by atoms with Crippen LogP contribution in [0.2, 0.25) is 0 Å². The van der Waals surface area contributed by atoms with Crippen LogP contribution in [0.25, 0.3) is 0 Å². The molecule has 1 unspecified atom stereocenters. The number of nitrogens with two attached hydrogens (primary N) is 2. The van der Waals surface area contributed by atoms with Crippen molar-refractivity contribution < 1.29 is 14.6 Å². The monoisotopic (exact) mass is 239 g/mol. The molecule has 1 atom stereocenters. The van der Waals surface area contributed by atoms with Crippen molar-refractivity contribution in [2.45, 2.75) is 6.10 Å². The molecule has 17 heavy (non-hydrogen) atoms. The van der Waals surface area contributed by atoms with Gasteiger partial charge in [-0.3, -0.25) is 4.79 Å². The SMILES string of the molecule is COCC(O)CNc1cc(N)ccc1C(N)=O. The molecule has 1 aromatic carbocycles. The molecule has 0 aliphatic rings. The number of aliphatic hydroxyl groups is 1. The van der Waals surface area contributed by atoms with Gasteiger partial charge in [0.25, 0.3) is 5.91 Å². The second kappa shape index (κ2) is 6.07. The van der Waals surface area contributed by atoms with Gasteiger partial charge in [-0.15, -0.1) is 0 Å². The van der Waals surface area contributed by atoms with Gasteiger partial charge < -0.3 is 26.6 Å². The highest BCUT2D eigenvalue weighted by atomic mass is 16.5. The van der Waals surface area contributed by atoms with Crippen molar-refractivity contribution in [2.75, 3.05) is 31.3 Å². The minimum atomic E-state index is -0.665. The van der Waals surface area contributed by atoms with E-state index < -0.39 is 12.0 Å². The van der Waals surface area contributed by atoms with E-state index in [1.807, 2.05) is 0 Å². The molecule has 6 heteroatoms. The van der Waals surface area contributed by atoms with E-state index in [0.29, 0.717) is 16.9 Å². The van der Waals surface area contributed by atoms with Gasteiger partial charge >= 0.3 is 0 Å². The first-order valence-corrected chi connectivity index (χ1v) is 5.14. The lowest BCUT2D eigenvalue weighted by Crippen LogP contribution is -2.25. The maximum atomic E-state index is 11.2. The Morgan fingerprint density at radius 3 is 2.88 bits per heavy atom. The summed E-state index contributed by atoms with van der Waals surface area (Å²) in [5.74, 6) is -0.547. The number of amides is 1. The summed E-state index contributed by atoms with van der Waals surface area (Å²) >= 11 is 0. The van der Waals surface area contributed by atoms with Crippen LogP contribution in [0.5, 0.6) is 0 Å². The van der Waals surface area contributed by atoms with Crippen LogP contribution in [0.1, 0.15) is 10.4 Å². The molecule has 1 amide bonds. The van der Waals surface area contributed by atoms with Crippen LogP contribution < -0.4 is 16.8 Å². The third-order valence-corrected chi connectivity index (χ3v) is 2.20. The van der Waals surface area contributed by atoms with Gasteiger partial charge in [-0.1, -0.05) is 0 Å². The Hall–Kier alpha value is -1.79. The molecular weight excluding hydrogens is 222 g/mol. The number of ether oxygens (including phenoxy) is 1. The molecule has 6 nitrogen and oxygen atoms in total. The quantitative estimate of drug-likeness (QED) is 0.513. The third-order valence-electron chi connectivity index (χ3n) is 2.20. The number of methoxy groups -OCH3 is 1. The third kappa shape index (κ3) is 3.93. The zero-order chi connectivity index (χ0) is 12.8. The molecule has 0 bridgehead atoms. The molecule has 0 saturated heterocycles. The van der Waals surface area contributed by atoms with Crippen molar-refractivity contribution in [1.82, 2.24) is 0 Å². The predicted molar refractivity (Wildman–Crippen MR) is 65.7 cm³/mol. The second-order valence-electron chi connectivity index (χ2n) is 3.66. The maximum absolute atomic E-state index is 11.2. The summed E-state index contributed by atoms with van der Waals surface area (Å²) in [6.45, 7) is 0.457. The fourth-order valence-corrected chi connectivity index (χ4v) is 1.40. The van der Waals surface area contributed by atoms with Crippen LogP contribution in [0.3, 0.4) is 0 Å². The Morgan fingerprint density at radius 2 is 2.29 bits per heavy atom. The summed E-state index contributed by atoms with van der Waals surface area (Å²) < 4.78 is 4.79. The van der Waals surface area contributed by atoms with E-state index in [2.05, 4.69) is 5.32 Å². The molecule has 0 saturated carbocycles. The zero-order valence-corrected chi connectivity index (χ0v) is 9.64. The van der Waals surface area contributed by atoms with Crippen molar-refractivity contribution in [3.8, 4) is 0 Å². The number of aliphatic hydroxyl groups excluding tert-OH is 1. The molecule has 1 aromatic rings. The van der Waals surface area contributed by atoms with Gasteiger partial charge in [-0.2, -0.15) is 0 Å². The van der Waals surface area contributed by atoms with Crippen LogP contribution in [0.4, 0.5) is 11.4 Å². The standard InChI is InChI=1S/C11H17N3O3/c1-17-6-8(15)5-14-10-4-7(12)2-3-9(10)11(13)16/h2-4,8,14-15H,5-6,12H2,1H3,(H2,13,16). The van der Waals surface area contributed by atoms with Crippen LogP contribution >= 0.6 is 0 Å². The summed E-state index contributed by atoms with van der Waals surface area (Å²) in [7, 11) is 1.50. The molecule has 0 spiro atoms. The van der Waals surface area contributed by atoms with Gasteiger partial charge in [-0.25, -0.2) is 0 Å². The van der Waals surface area contributed by atoms with E-state index in [9.17, 15) is 9.90 Å². The van der Waals surface area contributed by atoms with E-state index in [1.165, 1.54) is 7.11 Å². The van der Waals surface area contributed by atoms with Gasteiger partial charge in [0, 0.05) is 25.0 Å². The normalized spacial score (nSPS) is 12.1. The number of carbonyl (C=O) groups is 1. The summed E-state index contributed by atoms with van der Waals surface area (Å²) in [5, 5.41) is 12.4. The number of nitrogen functional groups attached to an aromatic ring is 1. The van der Waals surface area contributed by atoms with Gasteiger partial charge in [0.05, 0.1) is 18.3 Å². The van der Waals surface area contributed by atoms with Gasteiger partial charge in [0.15, 0.2) is 0 Å². The van der Waals surface area contributed by atoms with Crippen LogP contribution in [0, 0.1) is 0 Å². The lowest BCUT2D eigenvalue weighted by Gasteiger charge is -2.14. The summed E-state index contributed by atoms with van der Waals surface area (Å²) in [6.07, 6.45) is -0.665. The van der Waals surface area contributed by atoms with Crippen LogP contribution in [-0.4, -0.2) is 37.4 Å². The van der Waals surface area contributed by atoms with Gasteiger partial charge in [0.1, 0.15) is 0 Å². The van der Waals surface area contributed by atoms with Crippen molar-refractivity contribution in [3.63, 3.8) is 0 Å². The highest BCUT2D eigenvalue weighted by Crippen LogP contribution is 2.18. The Kier molecular flexibility index (Phi) is 4.74. The van der Waals surface area contributed by atoms with E-state index in [0.717, 1.165) is 0 Å². The number of primary amides is 1. The molecule has 0 aromatic heterocycles. The Balaban J connectivity index is 2.75. The summed E-state index contributed by atoms with van der Waals surface area (Å²) in [4.78, 5) is 11.2. The number of nitrogens with one attached hydrogen (secondary N) is 1. The second-order valence-corrected chi connectivity index (χ2v) is 3.66. The number of benzene rings is 1. The lowest BCUT2D eigenvalue weighted by atomic mass is 10.1. The Bertz CT molecular complexity index is 396. The molecule has 1 rings (SSSR count). The van der Waals surface area contributed by atoms with Crippen molar-refractivity contribution >= 4 is 17.3 Å². The first-order valence-electron chi connectivity index (χ1n) is 5.14. The Morgan fingerprint density at radius 1 is 1.59 bits per heavy atom. The molecule has 0 aliphatic carbocycles. The zero-order valence-electron chi connectivity index (χ0n) is 9.64. The molecule has 0 radical (unpaired) electrons. The first-order chi connectivity index (χ1) is 8.04. The number of rotatable bonds is 6. The van der Waals surface area contributed by atoms with E-state index in [4.69, 9.17) is 16.2 Å². The fourth-order valence-electron chi connectivity index (χ4n) is 1.40. The molecule has 0 fully saturated rings. The highest BCUT2D eigenvalue weighted by Gasteiger charge is 2.10. The number of hydrogen-bond acceptors (Lipinski definition) is 5. The van der Waals surface area contributed by atoms with Crippen molar-refractivity contribution in [1.29, 1.82) is 0 Å². The largest absolute Gasteiger partial charge is 0.399 e. The smallest absolute Gasteiger partial charge is 0.250 e. The van der Waals surface area contributed by atoms with E-state index in [1.54, 1.807) is 18.2 Å². The molecule has 0 heterocycles. The average Bonchev–Trinajstić information content (AvgIpc) is 2.26. The minimum absolute atomic E-state index is 0.210. The van der Waals surface area contributed by atoms with Crippen LogP contribution in [-0.2, 0) is 4.74 Å². The molecule has 6 N–H and O–H groups in total. The van der Waals surface area contributed by atoms with Crippen LogP contribution in [0.15, 0.2) is 18.2 Å². The number of anilines is 2.